The zero-order valence-corrected chi connectivity index (χ0v) is 10.4. The first-order valence-electron chi connectivity index (χ1n) is 6.03. The molecule has 0 heterocycles. The fourth-order valence-corrected chi connectivity index (χ4v) is 2.38. The average molecular weight is 230 g/mol. The molecule has 2 rings (SSSR count). The van der Waals surface area contributed by atoms with E-state index in [9.17, 15) is 0 Å². The predicted octanol–water partition coefficient (Wildman–Crippen LogP) is 2.85. The molecule has 90 valence electrons. The lowest BCUT2D eigenvalue weighted by Gasteiger charge is -2.15. The lowest BCUT2D eigenvalue weighted by molar-refractivity contribution is 0.108. The van der Waals surface area contributed by atoms with Gasteiger partial charge in [0.1, 0.15) is 6.07 Å². The summed E-state index contributed by atoms with van der Waals surface area (Å²) in [5.74, 6) is 0. The van der Waals surface area contributed by atoms with E-state index in [0.29, 0.717) is 12.1 Å². The molecule has 1 aromatic rings. The van der Waals surface area contributed by atoms with Gasteiger partial charge in [0.25, 0.3) is 0 Å². The van der Waals surface area contributed by atoms with Gasteiger partial charge in [0.2, 0.25) is 0 Å². The maximum Gasteiger partial charge on any atom is 0.101 e. The Labute approximate surface area is 102 Å². The van der Waals surface area contributed by atoms with Crippen LogP contribution in [0, 0.1) is 18.3 Å². The molecule has 2 atom stereocenters. The van der Waals surface area contributed by atoms with Gasteiger partial charge in [-0.25, -0.2) is 0 Å². The van der Waals surface area contributed by atoms with Crippen molar-refractivity contribution < 1.29 is 4.74 Å². The second kappa shape index (κ2) is 5.20. The van der Waals surface area contributed by atoms with Crippen LogP contribution in [-0.4, -0.2) is 19.3 Å². The smallest absolute Gasteiger partial charge is 0.101 e. The molecule has 0 saturated heterocycles. The van der Waals surface area contributed by atoms with Crippen molar-refractivity contribution in [3.8, 4) is 6.07 Å². The molecule has 0 amide bonds. The Balaban J connectivity index is 2.07. The summed E-state index contributed by atoms with van der Waals surface area (Å²) in [7, 11) is 1.76. The minimum atomic E-state index is 0.364. The molecule has 17 heavy (non-hydrogen) atoms. The molecule has 3 nitrogen and oxygen atoms in total. The number of nitriles is 1. The number of aryl methyl sites for hydroxylation is 1. The summed E-state index contributed by atoms with van der Waals surface area (Å²) in [5, 5.41) is 12.5. The number of rotatable bonds is 3. The van der Waals surface area contributed by atoms with Crippen LogP contribution in [0.4, 0.5) is 5.69 Å². The molecule has 1 saturated carbocycles. The van der Waals surface area contributed by atoms with Crippen molar-refractivity contribution in [2.24, 2.45) is 0 Å². The quantitative estimate of drug-likeness (QED) is 0.868. The molecular formula is C14H18N2O. The fourth-order valence-electron chi connectivity index (χ4n) is 2.38. The number of nitrogens with zero attached hydrogens (tertiary/aromatic N) is 1. The van der Waals surface area contributed by atoms with Crippen molar-refractivity contribution in [3.63, 3.8) is 0 Å². The van der Waals surface area contributed by atoms with Gasteiger partial charge in [-0.3, -0.25) is 0 Å². The molecule has 0 spiro atoms. The predicted molar refractivity (Wildman–Crippen MR) is 68.0 cm³/mol. The number of nitrogens with one attached hydrogen (secondary N) is 1. The zero-order chi connectivity index (χ0) is 12.3. The number of ether oxygens (including phenoxy) is 1. The fraction of sp³-hybridized carbons (Fsp3) is 0.500. The van der Waals surface area contributed by atoms with Gasteiger partial charge < -0.3 is 10.1 Å². The summed E-state index contributed by atoms with van der Waals surface area (Å²) >= 11 is 0. The second-order valence-electron chi connectivity index (χ2n) is 4.67. The number of hydrogen-bond donors (Lipinski definition) is 1. The average Bonchev–Trinajstić information content (AvgIpc) is 2.79. The summed E-state index contributed by atoms with van der Waals surface area (Å²) in [4.78, 5) is 0. The summed E-state index contributed by atoms with van der Waals surface area (Å²) in [6.45, 7) is 2.00. The van der Waals surface area contributed by atoms with E-state index in [2.05, 4.69) is 11.4 Å². The van der Waals surface area contributed by atoms with Gasteiger partial charge in [-0.15, -0.1) is 0 Å². The molecule has 0 aliphatic heterocycles. The molecule has 1 fully saturated rings. The topological polar surface area (TPSA) is 45.0 Å². The van der Waals surface area contributed by atoms with E-state index in [1.165, 1.54) is 0 Å². The minimum Gasteiger partial charge on any atom is -0.381 e. The van der Waals surface area contributed by atoms with Crippen LogP contribution in [0.5, 0.6) is 0 Å². The van der Waals surface area contributed by atoms with E-state index in [1.807, 2.05) is 25.1 Å². The van der Waals surface area contributed by atoms with Crippen LogP contribution < -0.4 is 5.32 Å². The molecule has 3 heteroatoms. The van der Waals surface area contributed by atoms with E-state index >= 15 is 0 Å². The van der Waals surface area contributed by atoms with Crippen molar-refractivity contribution in [1.82, 2.24) is 0 Å². The summed E-state index contributed by atoms with van der Waals surface area (Å²) in [5.41, 5.74) is 2.79. The number of methoxy groups -OCH3 is 1. The summed E-state index contributed by atoms with van der Waals surface area (Å²) in [6, 6.07) is 8.62. The van der Waals surface area contributed by atoms with Crippen molar-refractivity contribution in [2.45, 2.75) is 38.3 Å². The lowest BCUT2D eigenvalue weighted by Crippen LogP contribution is -2.17. The molecule has 1 N–H and O–H groups in total. The van der Waals surface area contributed by atoms with Crippen molar-refractivity contribution in [1.29, 1.82) is 5.26 Å². The molecule has 1 aliphatic carbocycles. The zero-order valence-electron chi connectivity index (χ0n) is 10.4. The number of hydrogen-bond acceptors (Lipinski definition) is 3. The molecule has 0 bridgehead atoms. The Morgan fingerprint density at radius 2 is 2.24 bits per heavy atom. The van der Waals surface area contributed by atoms with Crippen LogP contribution in [0.3, 0.4) is 0 Å². The van der Waals surface area contributed by atoms with Crippen molar-refractivity contribution >= 4 is 5.69 Å². The van der Waals surface area contributed by atoms with Crippen LogP contribution in [0.1, 0.15) is 30.4 Å². The molecular weight excluding hydrogens is 212 g/mol. The SMILES string of the molecule is COC1CCC(Nc2ccc(C)cc2C#N)C1. The van der Waals surface area contributed by atoms with E-state index in [4.69, 9.17) is 10.00 Å². The highest BCUT2D eigenvalue weighted by Gasteiger charge is 2.24. The Morgan fingerprint density at radius 3 is 2.88 bits per heavy atom. The molecule has 0 radical (unpaired) electrons. The van der Waals surface area contributed by atoms with Gasteiger partial charge in [-0.2, -0.15) is 5.26 Å². The Kier molecular flexibility index (Phi) is 3.65. The summed E-state index contributed by atoms with van der Waals surface area (Å²) < 4.78 is 5.35. The van der Waals surface area contributed by atoms with E-state index in [0.717, 1.165) is 36.1 Å². The van der Waals surface area contributed by atoms with Crippen LogP contribution in [0.15, 0.2) is 18.2 Å². The molecule has 1 aromatic carbocycles. The molecule has 1 aliphatic rings. The lowest BCUT2D eigenvalue weighted by atomic mass is 10.1. The largest absolute Gasteiger partial charge is 0.381 e. The van der Waals surface area contributed by atoms with Crippen molar-refractivity contribution in [2.75, 3.05) is 12.4 Å². The van der Waals surface area contributed by atoms with Gasteiger partial charge in [-0.05, 0) is 43.9 Å². The normalized spacial score (nSPS) is 23.4. The number of anilines is 1. The summed E-state index contributed by atoms with van der Waals surface area (Å²) in [6.07, 6.45) is 3.59. The highest BCUT2D eigenvalue weighted by atomic mass is 16.5. The van der Waals surface area contributed by atoms with Gasteiger partial charge in [0, 0.05) is 13.2 Å². The highest BCUT2D eigenvalue weighted by molar-refractivity contribution is 5.59. The van der Waals surface area contributed by atoms with Crippen LogP contribution in [0.25, 0.3) is 0 Å². The van der Waals surface area contributed by atoms with Gasteiger partial charge >= 0.3 is 0 Å². The van der Waals surface area contributed by atoms with E-state index in [1.54, 1.807) is 7.11 Å². The first-order chi connectivity index (χ1) is 8.22. The standard InChI is InChI=1S/C14H18N2O/c1-10-3-6-14(11(7-10)9-15)16-12-4-5-13(8-12)17-2/h3,6-7,12-13,16H,4-5,8H2,1-2H3. The van der Waals surface area contributed by atoms with Crippen LogP contribution >= 0.6 is 0 Å². The molecule has 2 unspecified atom stereocenters. The maximum absolute atomic E-state index is 9.10. The Bertz CT molecular complexity index is 436. The second-order valence-corrected chi connectivity index (χ2v) is 4.67. The first-order valence-corrected chi connectivity index (χ1v) is 6.03. The Hall–Kier alpha value is -1.53. The third-order valence-corrected chi connectivity index (χ3v) is 3.37. The van der Waals surface area contributed by atoms with Crippen LogP contribution in [-0.2, 0) is 4.74 Å². The van der Waals surface area contributed by atoms with E-state index < -0.39 is 0 Å². The third kappa shape index (κ3) is 2.78. The van der Waals surface area contributed by atoms with Crippen LogP contribution in [0.2, 0.25) is 0 Å². The van der Waals surface area contributed by atoms with E-state index in [-0.39, 0.29) is 0 Å². The number of benzene rings is 1. The Morgan fingerprint density at radius 1 is 1.41 bits per heavy atom. The minimum absolute atomic E-state index is 0.364. The van der Waals surface area contributed by atoms with Gasteiger partial charge in [-0.1, -0.05) is 6.07 Å². The maximum atomic E-state index is 9.10. The molecule has 0 aromatic heterocycles. The monoisotopic (exact) mass is 230 g/mol. The third-order valence-electron chi connectivity index (χ3n) is 3.37. The van der Waals surface area contributed by atoms with Crippen molar-refractivity contribution in [3.05, 3.63) is 29.3 Å². The van der Waals surface area contributed by atoms with Gasteiger partial charge in [0.05, 0.1) is 17.4 Å². The highest BCUT2D eigenvalue weighted by Crippen LogP contribution is 2.26. The van der Waals surface area contributed by atoms with Gasteiger partial charge in [0.15, 0.2) is 0 Å². The first kappa shape index (κ1) is 11.9.